The number of ether oxygens (including phenoxy) is 2. The van der Waals surface area contributed by atoms with Gasteiger partial charge in [-0.25, -0.2) is 14.4 Å². The van der Waals surface area contributed by atoms with E-state index in [-0.39, 0.29) is 12.3 Å². The van der Waals surface area contributed by atoms with E-state index in [0.29, 0.717) is 46.6 Å². The van der Waals surface area contributed by atoms with Crippen LogP contribution in [0.2, 0.25) is 0 Å². The molecule has 2 aromatic heterocycles. The van der Waals surface area contributed by atoms with Crippen LogP contribution < -0.4 is 20.1 Å². The number of nitrogens with zero attached hydrogens (tertiary/aromatic N) is 4. The minimum atomic E-state index is -0.416. The second-order valence-electron chi connectivity index (χ2n) is 9.49. The van der Waals surface area contributed by atoms with Crippen molar-refractivity contribution >= 4 is 34.1 Å². The maximum absolute atomic E-state index is 13.4. The van der Waals surface area contributed by atoms with Crippen molar-refractivity contribution in [3.8, 4) is 11.5 Å². The Kier molecular flexibility index (Phi) is 8.47. The van der Waals surface area contributed by atoms with Crippen molar-refractivity contribution in [1.82, 2.24) is 25.1 Å². The number of aromatic amines is 1. The summed E-state index contributed by atoms with van der Waals surface area (Å²) in [5.41, 5.74) is 1.68. The fourth-order valence-electron chi connectivity index (χ4n) is 4.67. The molecule has 39 heavy (non-hydrogen) atoms. The number of rotatable bonds is 11. The Labute approximate surface area is 225 Å². The molecule has 1 saturated heterocycles. The summed E-state index contributed by atoms with van der Waals surface area (Å²) in [6.07, 6.45) is 6.34. The van der Waals surface area contributed by atoms with Crippen LogP contribution in [-0.4, -0.2) is 64.3 Å². The fraction of sp³-hybridized carbons (Fsp3) is 0.357. The largest absolute Gasteiger partial charge is 0.493 e. The van der Waals surface area contributed by atoms with Gasteiger partial charge in [0.15, 0.2) is 17.3 Å². The first kappa shape index (κ1) is 26.4. The molecular formula is C28H32FN7O3. The van der Waals surface area contributed by atoms with E-state index in [1.165, 1.54) is 56.9 Å². The van der Waals surface area contributed by atoms with Gasteiger partial charge in [-0.3, -0.25) is 9.89 Å². The first-order valence-corrected chi connectivity index (χ1v) is 13.1. The molecule has 10 nitrogen and oxygen atoms in total. The fourth-order valence-corrected chi connectivity index (χ4v) is 4.67. The number of carbonyl (C=O) groups is 1. The lowest BCUT2D eigenvalue weighted by molar-refractivity contribution is -0.115. The van der Waals surface area contributed by atoms with Gasteiger partial charge in [0.25, 0.3) is 0 Å². The second kappa shape index (κ2) is 12.5. The lowest BCUT2D eigenvalue weighted by atomic mass is 10.1. The molecule has 5 rings (SSSR count). The molecule has 4 aromatic rings. The molecule has 0 saturated carbocycles. The van der Waals surface area contributed by atoms with Crippen LogP contribution in [0.25, 0.3) is 10.9 Å². The third kappa shape index (κ3) is 6.99. The van der Waals surface area contributed by atoms with Crippen LogP contribution in [0.4, 0.5) is 21.7 Å². The average Bonchev–Trinajstić information content (AvgIpc) is 3.37. The van der Waals surface area contributed by atoms with Crippen molar-refractivity contribution in [1.29, 1.82) is 0 Å². The second-order valence-corrected chi connectivity index (χ2v) is 9.49. The number of hydrogen-bond donors (Lipinski definition) is 3. The maximum atomic E-state index is 13.4. The molecule has 1 amide bonds. The smallest absolute Gasteiger partial charge is 0.230 e. The normalized spacial score (nSPS) is 13.8. The standard InChI is InChI=1S/C28H32FN7O3/c1-38-24-16-22-23(17-25(24)39-12-6-11-36-9-3-2-4-10-36)30-18-31-28(22)33-26-14-21(34-35-26)15-27(37)32-20-8-5-7-19(29)13-20/h5,7-8,13-14,16-18H,2-4,6,9-12,15H2,1H3,(H,32,37)(H2,30,31,33,34,35). The van der Waals surface area contributed by atoms with Crippen LogP contribution in [0.5, 0.6) is 11.5 Å². The molecule has 1 fully saturated rings. The number of halogens is 1. The van der Waals surface area contributed by atoms with E-state index in [1.807, 2.05) is 12.1 Å². The van der Waals surface area contributed by atoms with Crippen LogP contribution in [0.1, 0.15) is 31.4 Å². The number of amides is 1. The quantitative estimate of drug-likeness (QED) is 0.238. The Balaban J connectivity index is 1.22. The Morgan fingerprint density at radius 2 is 1.97 bits per heavy atom. The van der Waals surface area contributed by atoms with Gasteiger partial charge in [-0.1, -0.05) is 12.5 Å². The van der Waals surface area contributed by atoms with Gasteiger partial charge in [0.1, 0.15) is 18.0 Å². The highest BCUT2D eigenvalue weighted by Gasteiger charge is 2.15. The van der Waals surface area contributed by atoms with E-state index >= 15 is 0 Å². The number of fused-ring (bicyclic) bond motifs is 1. The predicted octanol–water partition coefficient (Wildman–Crippen LogP) is 4.68. The van der Waals surface area contributed by atoms with Gasteiger partial charge in [-0.15, -0.1) is 0 Å². The molecule has 2 aromatic carbocycles. The average molecular weight is 534 g/mol. The zero-order chi connectivity index (χ0) is 27.0. The Bertz CT molecular complexity index is 1420. The Morgan fingerprint density at radius 1 is 1.10 bits per heavy atom. The minimum Gasteiger partial charge on any atom is -0.493 e. The molecule has 0 unspecified atom stereocenters. The Morgan fingerprint density at radius 3 is 2.79 bits per heavy atom. The van der Waals surface area contributed by atoms with E-state index in [4.69, 9.17) is 9.47 Å². The van der Waals surface area contributed by atoms with Crippen LogP contribution in [0, 0.1) is 5.82 Å². The number of nitrogens with one attached hydrogen (secondary N) is 3. The number of H-pyrrole nitrogens is 1. The van der Waals surface area contributed by atoms with Crippen molar-refractivity contribution in [2.75, 3.05) is 44.0 Å². The number of hydrogen-bond acceptors (Lipinski definition) is 8. The zero-order valence-corrected chi connectivity index (χ0v) is 21.9. The van der Waals surface area contributed by atoms with Crippen LogP contribution >= 0.6 is 0 Å². The van der Waals surface area contributed by atoms with Crippen molar-refractivity contribution in [3.05, 3.63) is 60.3 Å². The number of anilines is 3. The molecule has 204 valence electrons. The third-order valence-corrected chi connectivity index (χ3v) is 6.58. The molecule has 11 heteroatoms. The highest BCUT2D eigenvalue weighted by atomic mass is 19.1. The van der Waals surface area contributed by atoms with Crippen LogP contribution in [0.15, 0.2) is 48.8 Å². The number of carbonyl (C=O) groups excluding carboxylic acids is 1. The van der Waals surface area contributed by atoms with Gasteiger partial charge < -0.3 is 25.0 Å². The third-order valence-electron chi connectivity index (χ3n) is 6.58. The van der Waals surface area contributed by atoms with Crippen molar-refractivity contribution < 1.29 is 18.7 Å². The first-order valence-electron chi connectivity index (χ1n) is 13.1. The molecule has 0 aliphatic carbocycles. The predicted molar refractivity (Wildman–Crippen MR) is 147 cm³/mol. The number of likely N-dealkylation sites (tertiary alicyclic amines) is 1. The molecule has 0 radical (unpaired) electrons. The molecule has 0 spiro atoms. The molecular weight excluding hydrogens is 501 g/mol. The number of piperidine rings is 1. The zero-order valence-electron chi connectivity index (χ0n) is 21.9. The molecule has 1 aliphatic heterocycles. The van der Waals surface area contributed by atoms with E-state index in [9.17, 15) is 9.18 Å². The molecule has 3 heterocycles. The van der Waals surface area contributed by atoms with Crippen molar-refractivity contribution in [3.63, 3.8) is 0 Å². The summed E-state index contributed by atoms with van der Waals surface area (Å²) in [5, 5.41) is 13.7. The summed E-state index contributed by atoms with van der Waals surface area (Å²) < 4.78 is 25.0. The van der Waals surface area contributed by atoms with E-state index in [1.54, 1.807) is 19.2 Å². The van der Waals surface area contributed by atoms with Gasteiger partial charge >= 0.3 is 0 Å². The molecule has 3 N–H and O–H groups in total. The van der Waals surface area contributed by atoms with Crippen molar-refractivity contribution in [2.24, 2.45) is 0 Å². The summed E-state index contributed by atoms with van der Waals surface area (Å²) in [4.78, 5) is 23.6. The van der Waals surface area contributed by atoms with E-state index in [2.05, 4.69) is 35.7 Å². The van der Waals surface area contributed by atoms with Crippen LogP contribution in [0.3, 0.4) is 0 Å². The van der Waals surface area contributed by atoms with Gasteiger partial charge in [0.05, 0.1) is 25.7 Å². The highest BCUT2D eigenvalue weighted by Crippen LogP contribution is 2.34. The molecule has 0 atom stereocenters. The highest BCUT2D eigenvalue weighted by molar-refractivity contribution is 5.93. The first-order chi connectivity index (χ1) is 19.1. The molecule has 0 bridgehead atoms. The van der Waals surface area contributed by atoms with Gasteiger partial charge in [-0.2, -0.15) is 5.10 Å². The van der Waals surface area contributed by atoms with Gasteiger partial charge in [0, 0.05) is 35.4 Å². The van der Waals surface area contributed by atoms with E-state index in [0.717, 1.165) is 18.4 Å². The van der Waals surface area contributed by atoms with Crippen molar-refractivity contribution in [2.45, 2.75) is 32.1 Å². The summed E-state index contributed by atoms with van der Waals surface area (Å²) in [6, 6.07) is 11.2. The summed E-state index contributed by atoms with van der Waals surface area (Å²) in [5.74, 6) is 1.55. The maximum Gasteiger partial charge on any atom is 0.230 e. The lowest BCUT2D eigenvalue weighted by Crippen LogP contribution is -2.31. The number of aromatic nitrogens is 4. The minimum absolute atomic E-state index is 0.0436. The van der Waals surface area contributed by atoms with Crippen LogP contribution in [-0.2, 0) is 11.2 Å². The number of benzene rings is 2. The summed E-state index contributed by atoms with van der Waals surface area (Å²) in [6.45, 7) is 3.97. The summed E-state index contributed by atoms with van der Waals surface area (Å²) >= 11 is 0. The summed E-state index contributed by atoms with van der Waals surface area (Å²) in [7, 11) is 1.60. The van der Waals surface area contributed by atoms with Gasteiger partial charge in [-0.05, 0) is 56.6 Å². The topological polar surface area (TPSA) is 117 Å². The molecule has 1 aliphatic rings. The Hall–Kier alpha value is -4.25. The van der Waals surface area contributed by atoms with Gasteiger partial charge in [0.2, 0.25) is 5.91 Å². The monoisotopic (exact) mass is 533 g/mol. The lowest BCUT2D eigenvalue weighted by Gasteiger charge is -2.26. The SMILES string of the molecule is COc1cc2c(Nc3cc(CC(=O)Nc4cccc(F)c4)[nH]n3)ncnc2cc1OCCCN1CCCCC1. The number of methoxy groups -OCH3 is 1. The van der Waals surface area contributed by atoms with E-state index < -0.39 is 5.82 Å².